The quantitative estimate of drug-likeness (QED) is 0.694. The first-order chi connectivity index (χ1) is 14.8. The lowest BCUT2D eigenvalue weighted by atomic mass is 9.81. The Labute approximate surface area is 175 Å². The van der Waals surface area contributed by atoms with Crippen molar-refractivity contribution < 1.29 is 23.0 Å². The van der Waals surface area contributed by atoms with E-state index in [1.165, 1.54) is 36.5 Å². The van der Waals surface area contributed by atoms with Crippen LogP contribution in [-0.2, 0) is 10.3 Å². The maximum atomic E-state index is 13.5. The zero-order valence-corrected chi connectivity index (χ0v) is 16.1. The Balaban J connectivity index is 1.70. The minimum Gasteiger partial charge on any atom is -0.395 e. The minimum absolute atomic E-state index is 0.00134. The fourth-order valence-electron chi connectivity index (χ4n) is 3.73. The van der Waals surface area contributed by atoms with E-state index in [1.54, 1.807) is 30.6 Å². The van der Waals surface area contributed by atoms with Gasteiger partial charge in [0.1, 0.15) is 6.33 Å². The van der Waals surface area contributed by atoms with Gasteiger partial charge in [-0.25, -0.2) is 15.0 Å². The van der Waals surface area contributed by atoms with Crippen molar-refractivity contribution in [2.75, 3.05) is 7.05 Å². The number of amides is 1. The van der Waals surface area contributed by atoms with Crippen molar-refractivity contribution in [3.63, 3.8) is 0 Å². The van der Waals surface area contributed by atoms with Gasteiger partial charge in [0.05, 0.1) is 0 Å². The molecule has 0 aliphatic carbocycles. The Morgan fingerprint density at radius 1 is 0.968 bits per heavy atom. The molecule has 3 heterocycles. The monoisotopic (exact) mass is 423 g/mol. The molecule has 31 heavy (non-hydrogen) atoms. The molecule has 0 fully saturated rings. The molecule has 156 valence electrons. The van der Waals surface area contributed by atoms with E-state index < -0.39 is 17.7 Å². The Morgan fingerprint density at radius 2 is 1.68 bits per heavy atom. The number of likely N-dealkylation sites (N-methyl/N-ethyl adjacent to an activating group) is 1. The molecule has 0 saturated carbocycles. The summed E-state index contributed by atoms with van der Waals surface area (Å²) in [6.07, 6.45) is 0.918. The molecule has 0 radical (unpaired) electrons. The second-order valence-corrected chi connectivity index (χ2v) is 7.08. The Kier molecular flexibility index (Phi) is 3.94. The van der Waals surface area contributed by atoms with E-state index in [0.717, 1.165) is 11.1 Å². The number of ether oxygens (including phenoxy) is 2. The van der Waals surface area contributed by atoms with Crippen molar-refractivity contribution in [1.29, 1.82) is 0 Å². The van der Waals surface area contributed by atoms with Gasteiger partial charge in [0, 0.05) is 25.0 Å². The minimum atomic E-state index is -3.78. The highest BCUT2D eigenvalue weighted by molar-refractivity contribution is 6.09. The molecule has 0 spiro atoms. The number of guanidine groups is 1. The predicted molar refractivity (Wildman–Crippen MR) is 105 cm³/mol. The van der Waals surface area contributed by atoms with Crippen LogP contribution in [0.25, 0.3) is 11.1 Å². The smallest absolute Gasteiger partial charge is 0.395 e. The molecule has 5 rings (SSSR count). The number of alkyl halides is 2. The Hall–Kier alpha value is -4.08. The molecular weight excluding hydrogens is 408 g/mol. The maximum Gasteiger partial charge on any atom is 0.586 e. The second-order valence-electron chi connectivity index (χ2n) is 7.08. The van der Waals surface area contributed by atoms with Crippen molar-refractivity contribution in [3.05, 3.63) is 72.3 Å². The third-order valence-electron chi connectivity index (χ3n) is 5.23. The van der Waals surface area contributed by atoms with Crippen LogP contribution in [0.15, 0.2) is 66.2 Å². The van der Waals surface area contributed by atoms with Crippen molar-refractivity contribution in [2.45, 2.75) is 11.8 Å². The molecule has 10 heteroatoms. The van der Waals surface area contributed by atoms with E-state index in [4.69, 9.17) is 5.73 Å². The summed E-state index contributed by atoms with van der Waals surface area (Å²) >= 11 is 0. The Bertz CT molecular complexity index is 1230. The number of hydrogen-bond donors (Lipinski definition) is 1. The van der Waals surface area contributed by atoms with Gasteiger partial charge >= 0.3 is 6.29 Å². The molecule has 2 N–H and O–H groups in total. The normalized spacial score (nSPS) is 21.3. The lowest BCUT2D eigenvalue weighted by molar-refractivity contribution is -0.286. The molecule has 0 bridgehead atoms. The summed E-state index contributed by atoms with van der Waals surface area (Å²) in [4.78, 5) is 27.1. The largest absolute Gasteiger partial charge is 0.586 e. The number of rotatable bonds is 3. The van der Waals surface area contributed by atoms with Gasteiger partial charge in [0.15, 0.2) is 23.0 Å². The number of nitrogens with two attached hydrogens (primary N) is 1. The lowest BCUT2D eigenvalue weighted by Gasteiger charge is -2.26. The van der Waals surface area contributed by atoms with E-state index in [-0.39, 0.29) is 17.5 Å². The lowest BCUT2D eigenvalue weighted by Crippen LogP contribution is -2.41. The van der Waals surface area contributed by atoms with Crippen LogP contribution in [0.2, 0.25) is 0 Å². The van der Waals surface area contributed by atoms with Crippen molar-refractivity contribution >= 4 is 11.9 Å². The summed E-state index contributed by atoms with van der Waals surface area (Å²) in [5.74, 6) is -0.751. The van der Waals surface area contributed by atoms with Gasteiger partial charge in [-0.15, -0.1) is 8.78 Å². The summed E-state index contributed by atoms with van der Waals surface area (Å²) in [6.45, 7) is 0. The van der Waals surface area contributed by atoms with Gasteiger partial charge in [0.25, 0.3) is 5.91 Å². The molecule has 1 amide bonds. The van der Waals surface area contributed by atoms with Crippen LogP contribution in [-0.4, -0.2) is 40.1 Å². The van der Waals surface area contributed by atoms with Crippen LogP contribution < -0.4 is 15.2 Å². The first-order valence-electron chi connectivity index (χ1n) is 9.20. The third-order valence-corrected chi connectivity index (χ3v) is 5.23. The van der Waals surface area contributed by atoms with Gasteiger partial charge in [-0.3, -0.25) is 9.69 Å². The standard InChI is InChI=1S/C21H15F2N5O3/c1-28-18(29)20(27-19(28)24,15-5-6-16-17(8-15)31-21(22,23)30-16)14-4-2-3-12(7-14)13-9-25-11-26-10-13/h2-11H,1H3,(H2,24,27). The van der Waals surface area contributed by atoms with Gasteiger partial charge in [-0.2, -0.15) is 0 Å². The number of aliphatic imine (C=N–C) groups is 1. The van der Waals surface area contributed by atoms with Gasteiger partial charge in [-0.1, -0.05) is 24.3 Å². The van der Waals surface area contributed by atoms with Gasteiger partial charge in [-0.05, 0) is 34.9 Å². The fraction of sp³-hybridized carbons (Fsp3) is 0.143. The molecule has 1 aromatic heterocycles. The topological polar surface area (TPSA) is 103 Å². The molecule has 3 aromatic rings. The number of carbonyl (C=O) groups excluding carboxylic acids is 1. The maximum absolute atomic E-state index is 13.5. The third kappa shape index (κ3) is 2.87. The molecule has 2 aromatic carbocycles. The summed E-state index contributed by atoms with van der Waals surface area (Å²) < 4.78 is 36.1. The summed E-state index contributed by atoms with van der Waals surface area (Å²) in [5, 5.41) is 0. The second kappa shape index (κ2) is 6.46. The molecule has 1 atom stereocenters. The van der Waals surface area contributed by atoms with E-state index in [9.17, 15) is 13.6 Å². The Morgan fingerprint density at radius 3 is 2.39 bits per heavy atom. The average molecular weight is 423 g/mol. The first-order valence-corrected chi connectivity index (χ1v) is 9.20. The zero-order valence-electron chi connectivity index (χ0n) is 16.1. The summed E-state index contributed by atoms with van der Waals surface area (Å²) in [6, 6.07) is 11.2. The summed E-state index contributed by atoms with van der Waals surface area (Å²) in [5.41, 5.74) is 6.70. The molecule has 1 unspecified atom stereocenters. The van der Waals surface area contributed by atoms with Crippen LogP contribution in [0, 0.1) is 0 Å². The van der Waals surface area contributed by atoms with Crippen LogP contribution >= 0.6 is 0 Å². The van der Waals surface area contributed by atoms with Crippen LogP contribution in [0.3, 0.4) is 0 Å². The number of fused-ring (bicyclic) bond motifs is 1. The average Bonchev–Trinajstić information content (AvgIpc) is 3.21. The van der Waals surface area contributed by atoms with E-state index in [2.05, 4.69) is 24.4 Å². The van der Waals surface area contributed by atoms with Crippen molar-refractivity contribution in [1.82, 2.24) is 14.9 Å². The SMILES string of the molecule is CN1C(=O)C(c2cccc(-c3cncnc3)c2)(c2ccc3c(c2)OC(F)(F)O3)N=C1N. The number of aromatic nitrogens is 2. The highest BCUT2D eigenvalue weighted by Gasteiger charge is 2.51. The molecule has 0 saturated heterocycles. The van der Waals surface area contributed by atoms with E-state index >= 15 is 0 Å². The number of halogens is 2. The van der Waals surface area contributed by atoms with Gasteiger partial charge in [0.2, 0.25) is 0 Å². The van der Waals surface area contributed by atoms with Crippen LogP contribution in [0.4, 0.5) is 8.78 Å². The predicted octanol–water partition coefficient (Wildman–Crippen LogP) is 2.50. The van der Waals surface area contributed by atoms with E-state index in [0.29, 0.717) is 11.1 Å². The van der Waals surface area contributed by atoms with Crippen molar-refractivity contribution in [3.8, 4) is 22.6 Å². The van der Waals surface area contributed by atoms with Crippen LogP contribution in [0.5, 0.6) is 11.5 Å². The van der Waals surface area contributed by atoms with E-state index in [1.807, 2.05) is 6.07 Å². The molecule has 2 aliphatic rings. The molecule has 8 nitrogen and oxygen atoms in total. The highest BCUT2D eigenvalue weighted by Crippen LogP contribution is 2.46. The summed E-state index contributed by atoms with van der Waals surface area (Å²) in [7, 11) is 1.50. The molecular formula is C21H15F2N5O3. The number of benzene rings is 2. The number of carbonyl (C=O) groups is 1. The number of hydrogen-bond acceptors (Lipinski definition) is 7. The zero-order chi connectivity index (χ0) is 21.8. The fourth-order valence-corrected chi connectivity index (χ4v) is 3.73. The highest BCUT2D eigenvalue weighted by atomic mass is 19.3. The van der Waals surface area contributed by atoms with Crippen molar-refractivity contribution in [2.24, 2.45) is 10.7 Å². The number of nitrogens with zero attached hydrogens (tertiary/aromatic N) is 4. The van der Waals surface area contributed by atoms with Crippen LogP contribution in [0.1, 0.15) is 11.1 Å². The first kappa shape index (κ1) is 18.9. The molecule has 2 aliphatic heterocycles. The van der Waals surface area contributed by atoms with Gasteiger partial charge < -0.3 is 15.2 Å².